The zero-order chi connectivity index (χ0) is 11.5. The molecule has 0 bridgehead atoms. The number of nitrogens with two attached hydrogens (primary N) is 1. The van der Waals surface area contributed by atoms with E-state index in [0.717, 1.165) is 19.1 Å². The topological polar surface area (TPSA) is 35.2 Å². The van der Waals surface area contributed by atoms with Gasteiger partial charge in [0.25, 0.3) is 0 Å². The van der Waals surface area contributed by atoms with Crippen LogP contribution in [0.25, 0.3) is 0 Å². The molecule has 0 aliphatic heterocycles. The Morgan fingerprint density at radius 2 is 1.73 bits per heavy atom. The van der Waals surface area contributed by atoms with Crippen molar-refractivity contribution in [3.05, 3.63) is 0 Å². The number of methoxy groups -OCH3 is 1. The number of rotatable bonds is 4. The van der Waals surface area contributed by atoms with Crippen LogP contribution in [0, 0.1) is 16.7 Å². The van der Waals surface area contributed by atoms with E-state index < -0.39 is 0 Å². The van der Waals surface area contributed by atoms with Crippen LogP contribution in [-0.4, -0.2) is 20.3 Å². The summed E-state index contributed by atoms with van der Waals surface area (Å²) in [5, 5.41) is 0. The van der Waals surface area contributed by atoms with Gasteiger partial charge < -0.3 is 10.5 Å². The molecule has 1 saturated carbocycles. The highest BCUT2D eigenvalue weighted by Gasteiger charge is 2.47. The molecule has 2 heteroatoms. The lowest BCUT2D eigenvalue weighted by Crippen LogP contribution is -2.50. The fourth-order valence-corrected chi connectivity index (χ4v) is 3.21. The van der Waals surface area contributed by atoms with Crippen LogP contribution in [0.2, 0.25) is 0 Å². The average molecular weight is 213 g/mol. The minimum atomic E-state index is 0.165. The van der Waals surface area contributed by atoms with Gasteiger partial charge in [-0.05, 0) is 24.2 Å². The Bertz CT molecular complexity index is 191. The summed E-state index contributed by atoms with van der Waals surface area (Å²) in [4.78, 5) is 0. The van der Waals surface area contributed by atoms with Gasteiger partial charge in [0.15, 0.2) is 0 Å². The Labute approximate surface area is 94.6 Å². The predicted octanol–water partition coefficient (Wildman–Crippen LogP) is 2.81. The van der Waals surface area contributed by atoms with Crippen LogP contribution >= 0.6 is 0 Å². The first kappa shape index (κ1) is 13.0. The largest absolute Gasteiger partial charge is 0.384 e. The highest BCUT2D eigenvalue weighted by Crippen LogP contribution is 2.50. The highest BCUT2D eigenvalue weighted by atomic mass is 16.5. The first-order valence-electron chi connectivity index (χ1n) is 6.17. The maximum Gasteiger partial charge on any atom is 0.0538 e. The smallest absolute Gasteiger partial charge is 0.0538 e. The molecule has 0 amide bonds. The van der Waals surface area contributed by atoms with Gasteiger partial charge in [0.2, 0.25) is 0 Å². The van der Waals surface area contributed by atoms with Crippen molar-refractivity contribution in [2.24, 2.45) is 22.5 Å². The number of hydrogen-bond acceptors (Lipinski definition) is 2. The summed E-state index contributed by atoms with van der Waals surface area (Å²) in [5.41, 5.74) is 6.47. The van der Waals surface area contributed by atoms with Gasteiger partial charge in [0.1, 0.15) is 0 Å². The molecule has 0 aromatic heterocycles. The molecule has 1 fully saturated rings. The summed E-state index contributed by atoms with van der Waals surface area (Å²) >= 11 is 0. The summed E-state index contributed by atoms with van der Waals surface area (Å²) in [5.74, 6) is 0.752. The first-order chi connectivity index (χ1) is 6.98. The first-order valence-corrected chi connectivity index (χ1v) is 6.17. The zero-order valence-corrected chi connectivity index (χ0v) is 10.8. The van der Waals surface area contributed by atoms with Crippen LogP contribution in [0.15, 0.2) is 0 Å². The standard InChI is InChI=1S/C13H27NO/c1-12(2,3)13(9-14,10-15-4)11-7-5-6-8-11/h11H,5-10,14H2,1-4H3. The molecule has 1 atom stereocenters. The van der Waals surface area contributed by atoms with Crippen molar-refractivity contribution in [3.8, 4) is 0 Å². The van der Waals surface area contributed by atoms with Crippen LogP contribution < -0.4 is 5.73 Å². The van der Waals surface area contributed by atoms with Crippen molar-refractivity contribution in [2.45, 2.75) is 46.5 Å². The van der Waals surface area contributed by atoms with Crippen LogP contribution in [0.3, 0.4) is 0 Å². The average Bonchev–Trinajstić information content (AvgIpc) is 2.65. The Morgan fingerprint density at radius 1 is 1.20 bits per heavy atom. The van der Waals surface area contributed by atoms with Gasteiger partial charge >= 0.3 is 0 Å². The van der Waals surface area contributed by atoms with E-state index in [1.165, 1.54) is 25.7 Å². The van der Waals surface area contributed by atoms with Gasteiger partial charge in [-0.1, -0.05) is 33.6 Å². The fourth-order valence-electron chi connectivity index (χ4n) is 3.21. The molecule has 0 radical (unpaired) electrons. The Kier molecular flexibility index (Phi) is 4.19. The van der Waals surface area contributed by atoms with E-state index >= 15 is 0 Å². The molecule has 15 heavy (non-hydrogen) atoms. The second kappa shape index (κ2) is 4.84. The summed E-state index contributed by atoms with van der Waals surface area (Å²) < 4.78 is 5.46. The van der Waals surface area contributed by atoms with Gasteiger partial charge in [-0.3, -0.25) is 0 Å². The van der Waals surface area contributed by atoms with Crippen molar-refractivity contribution in [3.63, 3.8) is 0 Å². The molecule has 2 nitrogen and oxygen atoms in total. The molecule has 1 rings (SSSR count). The normalized spacial score (nSPS) is 23.0. The van der Waals surface area contributed by atoms with Gasteiger partial charge in [0.05, 0.1) is 6.61 Å². The van der Waals surface area contributed by atoms with Crippen molar-refractivity contribution in [1.82, 2.24) is 0 Å². The van der Waals surface area contributed by atoms with Crippen molar-refractivity contribution in [2.75, 3.05) is 20.3 Å². The molecular formula is C13H27NO. The van der Waals surface area contributed by atoms with E-state index in [9.17, 15) is 0 Å². The van der Waals surface area contributed by atoms with Crippen LogP contribution in [-0.2, 0) is 4.74 Å². The third-order valence-corrected chi connectivity index (χ3v) is 4.40. The molecule has 90 valence electrons. The molecule has 1 unspecified atom stereocenters. The van der Waals surface area contributed by atoms with E-state index in [0.29, 0.717) is 0 Å². The highest BCUT2D eigenvalue weighted by molar-refractivity contribution is 4.97. The van der Waals surface area contributed by atoms with E-state index in [4.69, 9.17) is 10.5 Å². The van der Waals surface area contributed by atoms with Gasteiger partial charge in [0, 0.05) is 19.1 Å². The van der Waals surface area contributed by atoms with Crippen molar-refractivity contribution in [1.29, 1.82) is 0 Å². The van der Waals surface area contributed by atoms with Gasteiger partial charge in [-0.15, -0.1) is 0 Å². The maximum atomic E-state index is 6.08. The summed E-state index contributed by atoms with van der Waals surface area (Å²) in [6, 6.07) is 0. The molecule has 0 heterocycles. The molecule has 0 saturated heterocycles. The summed E-state index contributed by atoms with van der Waals surface area (Å²) in [7, 11) is 1.80. The Balaban J connectivity index is 2.91. The lowest BCUT2D eigenvalue weighted by Gasteiger charge is -2.48. The monoisotopic (exact) mass is 213 g/mol. The van der Waals surface area contributed by atoms with Crippen molar-refractivity contribution < 1.29 is 4.74 Å². The number of ether oxygens (including phenoxy) is 1. The third kappa shape index (κ3) is 2.36. The molecule has 1 aliphatic rings. The maximum absolute atomic E-state index is 6.08. The van der Waals surface area contributed by atoms with E-state index in [1.54, 1.807) is 7.11 Å². The van der Waals surface area contributed by atoms with E-state index in [2.05, 4.69) is 20.8 Å². The van der Waals surface area contributed by atoms with E-state index in [1.807, 2.05) is 0 Å². The molecule has 0 aromatic rings. The Hall–Kier alpha value is -0.0800. The van der Waals surface area contributed by atoms with E-state index in [-0.39, 0.29) is 10.8 Å². The van der Waals surface area contributed by atoms with Crippen LogP contribution in [0.4, 0.5) is 0 Å². The van der Waals surface area contributed by atoms with Gasteiger partial charge in [-0.25, -0.2) is 0 Å². The zero-order valence-electron chi connectivity index (χ0n) is 10.8. The molecular weight excluding hydrogens is 186 g/mol. The minimum absolute atomic E-state index is 0.165. The third-order valence-electron chi connectivity index (χ3n) is 4.40. The lowest BCUT2D eigenvalue weighted by molar-refractivity contribution is -0.0451. The minimum Gasteiger partial charge on any atom is -0.384 e. The second-order valence-electron chi connectivity index (χ2n) is 6.02. The van der Waals surface area contributed by atoms with Crippen molar-refractivity contribution >= 4 is 0 Å². The SMILES string of the molecule is COCC(CN)(C1CCCC1)C(C)(C)C. The molecule has 2 N–H and O–H groups in total. The fraction of sp³-hybridized carbons (Fsp3) is 1.00. The summed E-state index contributed by atoms with van der Waals surface area (Å²) in [6.45, 7) is 8.46. The quantitative estimate of drug-likeness (QED) is 0.779. The molecule has 0 aromatic carbocycles. The van der Waals surface area contributed by atoms with Gasteiger partial charge in [-0.2, -0.15) is 0 Å². The predicted molar refractivity (Wildman–Crippen MR) is 64.8 cm³/mol. The number of hydrogen-bond donors (Lipinski definition) is 1. The summed E-state index contributed by atoms with van der Waals surface area (Å²) in [6.07, 6.45) is 5.40. The van der Waals surface area contributed by atoms with Crippen LogP contribution in [0.5, 0.6) is 0 Å². The lowest BCUT2D eigenvalue weighted by atomic mass is 9.59. The second-order valence-corrected chi connectivity index (χ2v) is 6.02. The Morgan fingerprint density at radius 3 is 2.07 bits per heavy atom. The molecule has 0 spiro atoms. The van der Waals surface area contributed by atoms with Crippen LogP contribution in [0.1, 0.15) is 46.5 Å². The molecule has 1 aliphatic carbocycles.